The van der Waals surface area contributed by atoms with Gasteiger partial charge in [0.25, 0.3) is 5.91 Å². The third kappa shape index (κ3) is 5.77. The van der Waals surface area contributed by atoms with Crippen LogP contribution < -0.4 is 10.6 Å². The van der Waals surface area contributed by atoms with E-state index in [2.05, 4.69) is 15.6 Å². The fourth-order valence-electron chi connectivity index (χ4n) is 2.22. The summed E-state index contributed by atoms with van der Waals surface area (Å²) in [6.45, 7) is 0.816. The summed E-state index contributed by atoms with van der Waals surface area (Å²) in [5.41, 5.74) is 0.783. The molecule has 0 bridgehead atoms. The Morgan fingerprint density at radius 1 is 1.22 bits per heavy atom. The maximum Gasteiger partial charge on any atom is 0.251 e. The molecule has 0 fully saturated rings. The van der Waals surface area contributed by atoms with Gasteiger partial charge in [-0.05, 0) is 36.4 Å². The molecule has 8 nitrogen and oxygen atoms in total. The van der Waals surface area contributed by atoms with Crippen LogP contribution in [0.3, 0.4) is 0 Å². The Labute approximate surface area is 158 Å². The highest BCUT2D eigenvalue weighted by molar-refractivity contribution is 7.91. The van der Waals surface area contributed by atoms with E-state index in [0.29, 0.717) is 30.0 Å². The largest absolute Gasteiger partial charge is 0.384 e. The van der Waals surface area contributed by atoms with Crippen molar-refractivity contribution in [3.63, 3.8) is 0 Å². The second-order valence-corrected chi connectivity index (χ2v) is 7.64. The highest BCUT2D eigenvalue weighted by Crippen LogP contribution is 2.13. The van der Waals surface area contributed by atoms with E-state index in [1.54, 1.807) is 18.3 Å². The molecular formula is C18H20N4O4S. The predicted octanol–water partition coefficient (Wildman–Crippen LogP) is 1.22. The molecule has 2 rings (SSSR count). The van der Waals surface area contributed by atoms with Crippen molar-refractivity contribution in [2.75, 3.05) is 37.9 Å². The highest BCUT2D eigenvalue weighted by atomic mass is 32.2. The molecular weight excluding hydrogens is 368 g/mol. The maximum absolute atomic E-state index is 12.1. The minimum Gasteiger partial charge on any atom is -0.384 e. The Hall–Kier alpha value is -2.96. The first-order valence-electron chi connectivity index (χ1n) is 8.17. The number of anilines is 1. The quantitative estimate of drug-likeness (QED) is 0.619. The van der Waals surface area contributed by atoms with Crippen LogP contribution in [-0.4, -0.2) is 51.9 Å². The van der Waals surface area contributed by atoms with Crippen LogP contribution in [-0.2, 0) is 14.6 Å². The molecule has 0 aliphatic rings. The average molecular weight is 388 g/mol. The molecule has 9 heteroatoms. The first-order valence-corrected chi connectivity index (χ1v) is 9.82. The van der Waals surface area contributed by atoms with Crippen molar-refractivity contribution < 1.29 is 17.9 Å². The molecule has 2 N–H and O–H groups in total. The van der Waals surface area contributed by atoms with Crippen LogP contribution in [0, 0.1) is 11.3 Å². The standard InChI is InChI=1S/C18H20N4O4S/c1-26-11-12-27(24,25)16-6-4-14(5-7-16)18(23)22-10-9-21-17-15(13-19)3-2-8-20-17/h2-8H,9-12H2,1H3,(H,20,21)(H,22,23). The number of sulfone groups is 1. The van der Waals surface area contributed by atoms with Crippen molar-refractivity contribution >= 4 is 21.6 Å². The van der Waals surface area contributed by atoms with E-state index in [-0.39, 0.29) is 23.2 Å². The summed E-state index contributed by atoms with van der Waals surface area (Å²) < 4.78 is 28.9. The minimum absolute atomic E-state index is 0.112. The Morgan fingerprint density at radius 3 is 2.63 bits per heavy atom. The Morgan fingerprint density at radius 2 is 1.96 bits per heavy atom. The third-order valence-electron chi connectivity index (χ3n) is 3.66. The lowest BCUT2D eigenvalue weighted by molar-refractivity contribution is 0.0955. The van der Waals surface area contributed by atoms with Crippen LogP contribution in [0.25, 0.3) is 0 Å². The number of nitrogens with zero attached hydrogens (tertiary/aromatic N) is 2. The molecule has 0 unspecified atom stereocenters. The number of hydrogen-bond acceptors (Lipinski definition) is 7. The van der Waals surface area contributed by atoms with Gasteiger partial charge in [-0.15, -0.1) is 0 Å². The smallest absolute Gasteiger partial charge is 0.251 e. The molecule has 27 heavy (non-hydrogen) atoms. The molecule has 0 atom stereocenters. The van der Waals surface area contributed by atoms with E-state index in [4.69, 9.17) is 10.00 Å². The first-order chi connectivity index (χ1) is 13.0. The monoisotopic (exact) mass is 388 g/mol. The van der Waals surface area contributed by atoms with Crippen LogP contribution >= 0.6 is 0 Å². The number of ether oxygens (including phenoxy) is 1. The SMILES string of the molecule is COCCS(=O)(=O)c1ccc(C(=O)NCCNc2ncccc2C#N)cc1. The summed E-state index contributed by atoms with van der Waals surface area (Å²) in [5.74, 6) is 0.0258. The number of benzene rings is 1. The fourth-order valence-corrected chi connectivity index (χ4v) is 3.39. The number of carbonyl (C=O) groups is 1. The molecule has 1 heterocycles. The van der Waals surface area contributed by atoms with Crippen molar-refractivity contribution in [2.24, 2.45) is 0 Å². The number of nitrogens with one attached hydrogen (secondary N) is 2. The minimum atomic E-state index is -3.42. The number of rotatable bonds is 9. The van der Waals surface area contributed by atoms with Gasteiger partial charge in [-0.2, -0.15) is 5.26 Å². The Kier molecular flexibility index (Phi) is 7.28. The lowest BCUT2D eigenvalue weighted by Crippen LogP contribution is -2.29. The second-order valence-electron chi connectivity index (χ2n) is 5.53. The van der Waals surface area contributed by atoms with Gasteiger partial charge < -0.3 is 15.4 Å². The third-order valence-corrected chi connectivity index (χ3v) is 5.36. The predicted molar refractivity (Wildman–Crippen MR) is 100 cm³/mol. The molecule has 0 spiro atoms. The number of pyridine rings is 1. The van der Waals surface area contributed by atoms with E-state index in [9.17, 15) is 13.2 Å². The summed E-state index contributed by atoms with van der Waals surface area (Å²) in [6, 6.07) is 11.1. The van der Waals surface area contributed by atoms with Crippen molar-refractivity contribution in [2.45, 2.75) is 4.90 Å². The molecule has 0 saturated heterocycles. The first kappa shape index (κ1) is 20.4. The van der Waals surface area contributed by atoms with Gasteiger partial charge in [0, 0.05) is 32.0 Å². The van der Waals surface area contributed by atoms with Gasteiger partial charge in [0.2, 0.25) is 0 Å². The van der Waals surface area contributed by atoms with Gasteiger partial charge in [0.1, 0.15) is 11.9 Å². The highest BCUT2D eigenvalue weighted by Gasteiger charge is 2.15. The Balaban J connectivity index is 1.87. The fraction of sp³-hybridized carbons (Fsp3) is 0.278. The molecule has 1 amide bonds. The Bertz CT molecular complexity index is 921. The van der Waals surface area contributed by atoms with Gasteiger partial charge in [0.05, 0.1) is 22.8 Å². The molecule has 0 aliphatic carbocycles. The molecule has 2 aromatic rings. The normalized spacial score (nSPS) is 10.8. The topological polar surface area (TPSA) is 121 Å². The molecule has 142 valence electrons. The number of aromatic nitrogens is 1. The van der Waals surface area contributed by atoms with E-state index in [0.717, 1.165) is 0 Å². The lowest BCUT2D eigenvalue weighted by atomic mass is 10.2. The van der Waals surface area contributed by atoms with Crippen molar-refractivity contribution in [1.29, 1.82) is 5.26 Å². The number of carbonyl (C=O) groups excluding carboxylic acids is 1. The molecule has 0 saturated carbocycles. The summed E-state index contributed by atoms with van der Waals surface area (Å²) in [5, 5.41) is 14.7. The van der Waals surface area contributed by atoms with Crippen molar-refractivity contribution in [1.82, 2.24) is 10.3 Å². The van der Waals surface area contributed by atoms with E-state index < -0.39 is 9.84 Å². The van der Waals surface area contributed by atoms with Crippen LogP contribution in [0.2, 0.25) is 0 Å². The van der Waals surface area contributed by atoms with E-state index in [1.807, 2.05) is 6.07 Å². The zero-order valence-electron chi connectivity index (χ0n) is 14.8. The number of hydrogen-bond donors (Lipinski definition) is 2. The average Bonchev–Trinajstić information content (AvgIpc) is 2.70. The van der Waals surface area contributed by atoms with Gasteiger partial charge in [-0.1, -0.05) is 0 Å². The van der Waals surface area contributed by atoms with Gasteiger partial charge >= 0.3 is 0 Å². The zero-order valence-corrected chi connectivity index (χ0v) is 15.6. The maximum atomic E-state index is 12.1. The molecule has 1 aromatic heterocycles. The van der Waals surface area contributed by atoms with E-state index in [1.165, 1.54) is 31.4 Å². The molecule has 0 aliphatic heterocycles. The van der Waals surface area contributed by atoms with Crippen molar-refractivity contribution in [3.8, 4) is 6.07 Å². The van der Waals surface area contributed by atoms with Crippen LogP contribution in [0.4, 0.5) is 5.82 Å². The van der Waals surface area contributed by atoms with Gasteiger partial charge in [0.15, 0.2) is 9.84 Å². The number of methoxy groups -OCH3 is 1. The van der Waals surface area contributed by atoms with E-state index >= 15 is 0 Å². The summed E-state index contributed by atoms with van der Waals surface area (Å²) in [7, 11) is -1.99. The van der Waals surface area contributed by atoms with Gasteiger partial charge in [-0.25, -0.2) is 13.4 Å². The van der Waals surface area contributed by atoms with Crippen molar-refractivity contribution in [3.05, 3.63) is 53.7 Å². The summed E-state index contributed by atoms with van der Waals surface area (Å²) >= 11 is 0. The van der Waals surface area contributed by atoms with Crippen LogP contribution in [0.1, 0.15) is 15.9 Å². The lowest BCUT2D eigenvalue weighted by Gasteiger charge is -2.09. The summed E-state index contributed by atoms with van der Waals surface area (Å²) in [6.07, 6.45) is 1.57. The molecule has 0 radical (unpaired) electrons. The van der Waals surface area contributed by atoms with Crippen LogP contribution in [0.5, 0.6) is 0 Å². The number of amides is 1. The molecule has 1 aromatic carbocycles. The number of nitriles is 1. The second kappa shape index (κ2) is 9.66. The summed E-state index contributed by atoms with van der Waals surface area (Å²) in [4.78, 5) is 16.4. The van der Waals surface area contributed by atoms with Gasteiger partial charge in [-0.3, -0.25) is 4.79 Å². The van der Waals surface area contributed by atoms with Crippen LogP contribution in [0.15, 0.2) is 47.5 Å². The zero-order chi connectivity index (χ0) is 19.7.